The van der Waals surface area contributed by atoms with Gasteiger partial charge in [-0.05, 0) is 37.6 Å². The zero-order chi connectivity index (χ0) is 18.4. The number of ether oxygens (including phenoxy) is 2. The highest BCUT2D eigenvalue weighted by Crippen LogP contribution is 2.26. The predicted octanol–water partition coefficient (Wildman–Crippen LogP) is 1.49. The van der Waals surface area contributed by atoms with Gasteiger partial charge >= 0.3 is 0 Å². The summed E-state index contributed by atoms with van der Waals surface area (Å²) in [5.41, 5.74) is 0.458. The van der Waals surface area contributed by atoms with Crippen LogP contribution in [0.3, 0.4) is 0 Å². The van der Waals surface area contributed by atoms with Crippen LogP contribution in [-0.2, 0) is 19.6 Å². The SMILES string of the molecule is CCOc1ccc(N(C(CC)C(=O)N2CCOCC2)S(C)(=O)=O)cc1. The molecule has 0 aromatic heterocycles. The molecule has 0 spiro atoms. The number of rotatable bonds is 7. The van der Waals surface area contributed by atoms with E-state index in [-0.39, 0.29) is 5.91 Å². The third-order valence-corrected chi connectivity index (χ3v) is 5.22. The molecule has 1 aliphatic rings. The van der Waals surface area contributed by atoms with Gasteiger partial charge in [-0.1, -0.05) is 6.92 Å². The van der Waals surface area contributed by atoms with Gasteiger partial charge in [0.2, 0.25) is 15.9 Å². The van der Waals surface area contributed by atoms with Gasteiger partial charge in [0.1, 0.15) is 11.8 Å². The summed E-state index contributed by atoms with van der Waals surface area (Å²) in [7, 11) is -3.62. The molecule has 1 aliphatic heterocycles. The highest BCUT2D eigenvalue weighted by molar-refractivity contribution is 7.92. The van der Waals surface area contributed by atoms with Crippen molar-refractivity contribution in [1.82, 2.24) is 4.90 Å². The number of hydrogen-bond acceptors (Lipinski definition) is 5. The molecular weight excluding hydrogens is 344 g/mol. The summed E-state index contributed by atoms with van der Waals surface area (Å²) in [5.74, 6) is 0.470. The third-order valence-electron chi connectivity index (χ3n) is 4.04. The number of anilines is 1. The molecule has 25 heavy (non-hydrogen) atoms. The Balaban J connectivity index is 2.32. The minimum absolute atomic E-state index is 0.190. The number of carbonyl (C=O) groups excluding carboxylic acids is 1. The van der Waals surface area contributed by atoms with E-state index in [0.29, 0.717) is 50.8 Å². The van der Waals surface area contributed by atoms with E-state index in [1.165, 1.54) is 4.31 Å². The highest BCUT2D eigenvalue weighted by atomic mass is 32.2. The first kappa shape index (κ1) is 19.5. The summed E-state index contributed by atoms with van der Waals surface area (Å²) < 4.78 is 36.7. The van der Waals surface area contributed by atoms with Gasteiger partial charge in [-0.2, -0.15) is 0 Å². The van der Waals surface area contributed by atoms with E-state index in [9.17, 15) is 13.2 Å². The molecule has 0 bridgehead atoms. The maximum atomic E-state index is 12.9. The largest absolute Gasteiger partial charge is 0.494 e. The van der Waals surface area contributed by atoms with Crippen molar-refractivity contribution in [1.29, 1.82) is 0 Å². The van der Waals surface area contributed by atoms with Gasteiger partial charge in [0.15, 0.2) is 0 Å². The lowest BCUT2D eigenvalue weighted by molar-refractivity contribution is -0.136. The molecule has 7 nitrogen and oxygen atoms in total. The molecule has 1 fully saturated rings. The molecule has 140 valence electrons. The first-order valence-electron chi connectivity index (χ1n) is 8.47. The van der Waals surface area contributed by atoms with Crippen LogP contribution in [0.4, 0.5) is 5.69 Å². The Morgan fingerprint density at radius 3 is 2.32 bits per heavy atom. The van der Waals surface area contributed by atoms with Crippen LogP contribution in [0.2, 0.25) is 0 Å². The maximum Gasteiger partial charge on any atom is 0.246 e. The zero-order valence-electron chi connectivity index (χ0n) is 15.0. The molecule has 0 radical (unpaired) electrons. The van der Waals surface area contributed by atoms with Gasteiger partial charge < -0.3 is 14.4 Å². The Morgan fingerprint density at radius 2 is 1.84 bits per heavy atom. The summed E-state index contributed by atoms with van der Waals surface area (Å²) in [6, 6.07) is 5.99. The lowest BCUT2D eigenvalue weighted by atomic mass is 10.1. The second-order valence-corrected chi connectivity index (χ2v) is 7.71. The van der Waals surface area contributed by atoms with Crippen molar-refractivity contribution in [3.63, 3.8) is 0 Å². The van der Waals surface area contributed by atoms with Gasteiger partial charge in [-0.25, -0.2) is 8.42 Å². The number of carbonyl (C=O) groups is 1. The molecule has 0 saturated carbocycles. The van der Waals surface area contributed by atoms with Gasteiger partial charge in [-0.3, -0.25) is 9.10 Å². The summed E-state index contributed by atoms with van der Waals surface area (Å²) in [6.07, 6.45) is 1.51. The van der Waals surface area contributed by atoms with E-state index in [0.717, 1.165) is 6.26 Å². The summed E-state index contributed by atoms with van der Waals surface area (Å²) in [5, 5.41) is 0. The minimum Gasteiger partial charge on any atom is -0.494 e. The monoisotopic (exact) mass is 370 g/mol. The average Bonchev–Trinajstić information content (AvgIpc) is 2.60. The van der Waals surface area contributed by atoms with Crippen LogP contribution in [0.1, 0.15) is 20.3 Å². The molecule has 2 rings (SSSR count). The second kappa shape index (κ2) is 8.53. The Kier molecular flexibility index (Phi) is 6.66. The fourth-order valence-corrected chi connectivity index (χ4v) is 4.10. The van der Waals surface area contributed by atoms with Crippen molar-refractivity contribution in [2.45, 2.75) is 26.3 Å². The maximum absolute atomic E-state index is 12.9. The lowest BCUT2D eigenvalue weighted by Crippen LogP contribution is -2.53. The minimum atomic E-state index is -3.62. The number of nitrogens with zero attached hydrogens (tertiary/aromatic N) is 2. The molecule has 1 heterocycles. The van der Waals surface area contributed by atoms with Crippen LogP contribution in [0.15, 0.2) is 24.3 Å². The second-order valence-electron chi connectivity index (χ2n) is 5.85. The topological polar surface area (TPSA) is 76.2 Å². The van der Waals surface area contributed by atoms with Crippen molar-refractivity contribution in [2.75, 3.05) is 43.5 Å². The fourth-order valence-electron chi connectivity index (χ4n) is 2.89. The molecule has 1 aromatic carbocycles. The van der Waals surface area contributed by atoms with E-state index in [1.807, 2.05) is 13.8 Å². The van der Waals surface area contributed by atoms with Gasteiger partial charge in [-0.15, -0.1) is 0 Å². The molecule has 1 aromatic rings. The van der Waals surface area contributed by atoms with Crippen LogP contribution in [-0.4, -0.2) is 64.4 Å². The fraction of sp³-hybridized carbons (Fsp3) is 0.588. The van der Waals surface area contributed by atoms with Crippen molar-refractivity contribution in [2.24, 2.45) is 0 Å². The third kappa shape index (κ3) is 4.85. The Bertz CT molecular complexity index is 669. The molecule has 1 atom stereocenters. The molecule has 8 heteroatoms. The predicted molar refractivity (Wildman–Crippen MR) is 96.4 cm³/mol. The smallest absolute Gasteiger partial charge is 0.246 e. The molecule has 0 aliphatic carbocycles. The van der Waals surface area contributed by atoms with E-state index < -0.39 is 16.1 Å². The van der Waals surface area contributed by atoms with E-state index in [1.54, 1.807) is 29.2 Å². The quantitative estimate of drug-likeness (QED) is 0.727. The van der Waals surface area contributed by atoms with Crippen molar-refractivity contribution in [3.8, 4) is 5.75 Å². The van der Waals surface area contributed by atoms with E-state index >= 15 is 0 Å². The Morgan fingerprint density at radius 1 is 1.24 bits per heavy atom. The average molecular weight is 370 g/mol. The first-order valence-corrected chi connectivity index (χ1v) is 10.3. The Hall–Kier alpha value is -1.80. The Labute approximate surface area is 149 Å². The summed E-state index contributed by atoms with van der Waals surface area (Å²) >= 11 is 0. The van der Waals surface area contributed by atoms with Crippen LogP contribution in [0, 0.1) is 0 Å². The highest BCUT2D eigenvalue weighted by Gasteiger charge is 2.34. The zero-order valence-corrected chi connectivity index (χ0v) is 15.8. The van der Waals surface area contributed by atoms with Crippen LogP contribution in [0.25, 0.3) is 0 Å². The molecule has 1 saturated heterocycles. The van der Waals surface area contributed by atoms with Gasteiger partial charge in [0.25, 0.3) is 0 Å². The molecule has 1 unspecified atom stereocenters. The van der Waals surface area contributed by atoms with Crippen LogP contribution in [0.5, 0.6) is 5.75 Å². The standard InChI is InChI=1S/C17H26N2O5S/c1-4-16(17(20)18-10-12-23-13-11-18)19(25(3,21)22)14-6-8-15(9-7-14)24-5-2/h6-9,16H,4-5,10-13H2,1-3H3. The van der Waals surface area contributed by atoms with E-state index in [2.05, 4.69) is 0 Å². The molecular formula is C17H26N2O5S. The normalized spacial score (nSPS) is 16.4. The van der Waals surface area contributed by atoms with E-state index in [4.69, 9.17) is 9.47 Å². The van der Waals surface area contributed by atoms with Crippen molar-refractivity contribution < 1.29 is 22.7 Å². The first-order chi connectivity index (χ1) is 11.9. The summed E-state index contributed by atoms with van der Waals surface area (Å²) in [6.45, 7) is 6.14. The van der Waals surface area contributed by atoms with Gasteiger partial charge in [0, 0.05) is 13.1 Å². The molecule has 0 N–H and O–H groups in total. The van der Waals surface area contributed by atoms with Crippen molar-refractivity contribution >= 4 is 21.6 Å². The number of benzene rings is 1. The number of amides is 1. The lowest BCUT2D eigenvalue weighted by Gasteiger charge is -2.35. The van der Waals surface area contributed by atoms with Crippen LogP contribution < -0.4 is 9.04 Å². The van der Waals surface area contributed by atoms with Crippen molar-refractivity contribution in [3.05, 3.63) is 24.3 Å². The summed E-state index contributed by atoms with van der Waals surface area (Å²) in [4.78, 5) is 14.6. The number of sulfonamides is 1. The number of hydrogen-bond donors (Lipinski definition) is 0. The van der Waals surface area contributed by atoms with Gasteiger partial charge in [0.05, 0.1) is 31.8 Å². The van der Waals surface area contributed by atoms with Crippen LogP contribution >= 0.6 is 0 Å². The molecule has 1 amide bonds. The number of morpholine rings is 1.